The molecular formula is C19H17N3O. The minimum atomic E-state index is -0.487. The van der Waals surface area contributed by atoms with Gasteiger partial charge in [0.2, 0.25) is 0 Å². The number of rotatable bonds is 1. The minimum Gasteiger partial charge on any atom is -0.388 e. The Morgan fingerprint density at radius 1 is 1.09 bits per heavy atom. The highest BCUT2D eigenvalue weighted by Gasteiger charge is 2.40. The fourth-order valence-electron chi connectivity index (χ4n) is 4.26. The Kier molecular flexibility index (Phi) is 2.70. The summed E-state index contributed by atoms with van der Waals surface area (Å²) in [5.41, 5.74) is 5.69. The highest BCUT2D eigenvalue weighted by Crippen LogP contribution is 2.49. The van der Waals surface area contributed by atoms with Crippen molar-refractivity contribution in [2.24, 2.45) is 5.92 Å². The SMILES string of the molecule is OC1c2cccnc2CCC1[C@H]1c2ccccc2-c2cncn21. The predicted octanol–water partition coefficient (Wildman–Crippen LogP) is 3.14. The standard InChI is InChI=1S/C19H17N3O/c23-19-14-6-3-9-21-16(14)8-7-15(19)18-13-5-2-1-4-12(13)17-10-20-11-22(17)18/h1-6,9-11,15,18-19,23H,7-8H2/t15?,18-,19?/m1/s1. The summed E-state index contributed by atoms with van der Waals surface area (Å²) in [5, 5.41) is 11.0. The quantitative estimate of drug-likeness (QED) is 0.751. The molecule has 0 fully saturated rings. The second kappa shape index (κ2) is 4.77. The molecule has 3 heterocycles. The van der Waals surface area contributed by atoms with E-state index in [9.17, 15) is 5.11 Å². The lowest BCUT2D eigenvalue weighted by molar-refractivity contribution is 0.0710. The van der Waals surface area contributed by atoms with Gasteiger partial charge in [-0.25, -0.2) is 4.98 Å². The molecule has 23 heavy (non-hydrogen) atoms. The van der Waals surface area contributed by atoms with Crippen molar-refractivity contribution in [3.05, 3.63) is 71.9 Å². The fraction of sp³-hybridized carbons (Fsp3) is 0.263. The summed E-state index contributed by atoms with van der Waals surface area (Å²) in [6, 6.07) is 12.5. The van der Waals surface area contributed by atoms with Crippen molar-refractivity contribution < 1.29 is 5.11 Å². The zero-order chi connectivity index (χ0) is 15.4. The van der Waals surface area contributed by atoms with Crippen LogP contribution in [0.3, 0.4) is 0 Å². The number of aliphatic hydroxyl groups is 1. The molecule has 4 nitrogen and oxygen atoms in total. The molecule has 114 valence electrons. The van der Waals surface area contributed by atoms with Crippen molar-refractivity contribution in [3.8, 4) is 11.3 Å². The monoisotopic (exact) mass is 303 g/mol. The van der Waals surface area contributed by atoms with Crippen LogP contribution in [0.1, 0.15) is 35.4 Å². The number of aliphatic hydroxyl groups excluding tert-OH is 1. The molecule has 5 rings (SSSR count). The smallest absolute Gasteiger partial charge is 0.0956 e. The summed E-state index contributed by atoms with van der Waals surface area (Å²) in [5.74, 6) is 0.142. The highest BCUT2D eigenvalue weighted by molar-refractivity contribution is 5.69. The lowest BCUT2D eigenvalue weighted by Crippen LogP contribution is -2.29. The van der Waals surface area contributed by atoms with Crippen molar-refractivity contribution in [1.29, 1.82) is 0 Å². The van der Waals surface area contributed by atoms with Gasteiger partial charge in [0, 0.05) is 28.9 Å². The summed E-state index contributed by atoms with van der Waals surface area (Å²) in [4.78, 5) is 8.76. The van der Waals surface area contributed by atoms with Gasteiger partial charge in [0.05, 0.1) is 30.4 Å². The van der Waals surface area contributed by atoms with E-state index in [0.29, 0.717) is 0 Å². The van der Waals surface area contributed by atoms with Crippen LogP contribution in [0.25, 0.3) is 11.3 Å². The van der Waals surface area contributed by atoms with Crippen LogP contribution < -0.4 is 0 Å². The van der Waals surface area contributed by atoms with Gasteiger partial charge in [-0.2, -0.15) is 0 Å². The molecule has 0 saturated heterocycles. The maximum atomic E-state index is 11.0. The number of benzene rings is 1. The molecule has 1 aromatic carbocycles. The summed E-state index contributed by atoms with van der Waals surface area (Å²) in [6.07, 6.45) is 6.99. The second-order valence-electron chi connectivity index (χ2n) is 6.40. The van der Waals surface area contributed by atoms with E-state index in [4.69, 9.17) is 0 Å². The number of hydrogen-bond acceptors (Lipinski definition) is 3. The van der Waals surface area contributed by atoms with E-state index in [0.717, 1.165) is 29.8 Å². The maximum Gasteiger partial charge on any atom is 0.0956 e. The number of imidazole rings is 1. The Hall–Kier alpha value is -2.46. The van der Waals surface area contributed by atoms with Gasteiger partial charge in [-0.3, -0.25) is 4.98 Å². The Balaban J connectivity index is 1.64. The Labute approximate surface area is 134 Å². The van der Waals surface area contributed by atoms with Crippen LogP contribution >= 0.6 is 0 Å². The van der Waals surface area contributed by atoms with E-state index in [1.807, 2.05) is 30.9 Å². The number of nitrogens with zero attached hydrogens (tertiary/aromatic N) is 3. The summed E-state index contributed by atoms with van der Waals surface area (Å²) in [7, 11) is 0. The molecule has 0 spiro atoms. The first kappa shape index (κ1) is 13.0. The van der Waals surface area contributed by atoms with Crippen molar-refractivity contribution in [1.82, 2.24) is 14.5 Å². The lowest BCUT2D eigenvalue weighted by atomic mass is 9.77. The first-order chi connectivity index (χ1) is 11.3. The first-order valence-electron chi connectivity index (χ1n) is 8.07. The molecule has 0 bridgehead atoms. The highest BCUT2D eigenvalue weighted by atomic mass is 16.3. The number of hydrogen-bond donors (Lipinski definition) is 1. The van der Waals surface area contributed by atoms with Crippen molar-refractivity contribution in [2.45, 2.75) is 25.0 Å². The first-order valence-corrected chi connectivity index (χ1v) is 8.07. The Bertz CT molecular complexity index is 886. The molecule has 4 heteroatoms. The number of aryl methyl sites for hydroxylation is 1. The zero-order valence-corrected chi connectivity index (χ0v) is 12.6. The number of pyridine rings is 1. The largest absolute Gasteiger partial charge is 0.388 e. The zero-order valence-electron chi connectivity index (χ0n) is 12.6. The minimum absolute atomic E-state index is 0.142. The third-order valence-corrected chi connectivity index (χ3v) is 5.29. The Morgan fingerprint density at radius 2 is 1.96 bits per heavy atom. The van der Waals surface area contributed by atoms with Crippen molar-refractivity contribution in [2.75, 3.05) is 0 Å². The molecule has 0 saturated carbocycles. The molecule has 3 atom stereocenters. The van der Waals surface area contributed by atoms with Crippen LogP contribution in [-0.4, -0.2) is 19.6 Å². The molecule has 2 aromatic heterocycles. The van der Waals surface area contributed by atoms with Crippen molar-refractivity contribution >= 4 is 0 Å². The topological polar surface area (TPSA) is 50.9 Å². The Morgan fingerprint density at radius 3 is 2.91 bits per heavy atom. The molecule has 1 aliphatic heterocycles. The van der Waals surface area contributed by atoms with Crippen LogP contribution in [0.5, 0.6) is 0 Å². The molecular weight excluding hydrogens is 286 g/mol. The van der Waals surface area contributed by atoms with Gasteiger partial charge >= 0.3 is 0 Å². The second-order valence-corrected chi connectivity index (χ2v) is 6.40. The molecule has 3 aromatic rings. The van der Waals surface area contributed by atoms with Crippen LogP contribution in [0.2, 0.25) is 0 Å². The average molecular weight is 303 g/mol. The maximum absolute atomic E-state index is 11.0. The van der Waals surface area contributed by atoms with Crippen LogP contribution in [0.4, 0.5) is 0 Å². The van der Waals surface area contributed by atoms with Gasteiger partial charge in [0.15, 0.2) is 0 Å². The molecule has 2 aliphatic rings. The van der Waals surface area contributed by atoms with Gasteiger partial charge < -0.3 is 9.67 Å². The normalized spacial score (nSPS) is 24.8. The van der Waals surface area contributed by atoms with Crippen molar-refractivity contribution in [3.63, 3.8) is 0 Å². The van der Waals surface area contributed by atoms with Crippen LogP contribution in [0.15, 0.2) is 55.1 Å². The van der Waals surface area contributed by atoms with E-state index >= 15 is 0 Å². The summed E-state index contributed by atoms with van der Waals surface area (Å²) < 4.78 is 2.22. The summed E-state index contributed by atoms with van der Waals surface area (Å²) >= 11 is 0. The molecule has 0 radical (unpaired) electrons. The van der Waals surface area contributed by atoms with Gasteiger partial charge in [0.1, 0.15) is 0 Å². The van der Waals surface area contributed by atoms with Crippen LogP contribution in [0, 0.1) is 5.92 Å². The molecule has 1 N–H and O–H groups in total. The van der Waals surface area contributed by atoms with E-state index < -0.39 is 6.10 Å². The van der Waals surface area contributed by atoms with E-state index in [2.05, 4.69) is 38.8 Å². The molecule has 0 amide bonds. The van der Waals surface area contributed by atoms with E-state index in [-0.39, 0.29) is 12.0 Å². The van der Waals surface area contributed by atoms with E-state index in [1.165, 1.54) is 11.1 Å². The number of fused-ring (bicyclic) bond motifs is 4. The average Bonchev–Trinajstić information content (AvgIpc) is 3.17. The van der Waals surface area contributed by atoms with Gasteiger partial charge in [-0.1, -0.05) is 30.3 Å². The third-order valence-electron chi connectivity index (χ3n) is 5.29. The fourth-order valence-corrected chi connectivity index (χ4v) is 4.26. The van der Waals surface area contributed by atoms with Crippen LogP contribution in [-0.2, 0) is 6.42 Å². The van der Waals surface area contributed by atoms with E-state index in [1.54, 1.807) is 0 Å². The molecule has 1 aliphatic carbocycles. The third kappa shape index (κ3) is 1.75. The summed E-state index contributed by atoms with van der Waals surface area (Å²) in [6.45, 7) is 0. The van der Waals surface area contributed by atoms with Gasteiger partial charge in [-0.05, 0) is 24.5 Å². The number of aromatic nitrogens is 3. The van der Waals surface area contributed by atoms with Gasteiger partial charge in [0.25, 0.3) is 0 Å². The predicted molar refractivity (Wildman–Crippen MR) is 86.8 cm³/mol. The molecule has 2 unspecified atom stereocenters. The lowest BCUT2D eigenvalue weighted by Gasteiger charge is -2.34. The van der Waals surface area contributed by atoms with Gasteiger partial charge in [-0.15, -0.1) is 0 Å².